The molecule has 0 heterocycles. The number of hydrazine groups is 1. The molecule has 4 heteroatoms. The summed E-state index contributed by atoms with van der Waals surface area (Å²) in [6.45, 7) is 6.79. The van der Waals surface area contributed by atoms with Gasteiger partial charge in [-0.15, -0.1) is 11.8 Å². The first-order valence-corrected chi connectivity index (χ1v) is 6.96. The SMILES string of the molecule is CCSc1ccc(C(COC(C)C)NN)cc1. The van der Waals surface area contributed by atoms with E-state index in [1.165, 1.54) is 4.90 Å². The van der Waals surface area contributed by atoms with Crippen LogP contribution in [0.4, 0.5) is 0 Å². The van der Waals surface area contributed by atoms with E-state index in [4.69, 9.17) is 10.6 Å². The van der Waals surface area contributed by atoms with Crippen LogP contribution in [0.15, 0.2) is 29.2 Å². The van der Waals surface area contributed by atoms with Gasteiger partial charge in [-0.2, -0.15) is 0 Å². The van der Waals surface area contributed by atoms with E-state index in [0.717, 1.165) is 11.3 Å². The van der Waals surface area contributed by atoms with Crippen LogP contribution in [0.1, 0.15) is 32.4 Å². The van der Waals surface area contributed by atoms with E-state index in [-0.39, 0.29) is 12.1 Å². The lowest BCUT2D eigenvalue weighted by molar-refractivity contribution is 0.0611. The lowest BCUT2D eigenvalue weighted by Crippen LogP contribution is -2.32. The molecule has 1 rings (SSSR count). The normalized spacial score (nSPS) is 13.0. The maximum atomic E-state index is 5.58. The summed E-state index contributed by atoms with van der Waals surface area (Å²) in [5.74, 6) is 6.64. The first-order chi connectivity index (χ1) is 8.17. The smallest absolute Gasteiger partial charge is 0.0694 e. The van der Waals surface area contributed by atoms with Gasteiger partial charge in [0.25, 0.3) is 0 Å². The molecule has 1 atom stereocenters. The Morgan fingerprint density at radius 1 is 1.29 bits per heavy atom. The van der Waals surface area contributed by atoms with Gasteiger partial charge in [0.15, 0.2) is 0 Å². The molecule has 0 aliphatic heterocycles. The summed E-state index contributed by atoms with van der Waals surface area (Å²) in [5.41, 5.74) is 3.95. The maximum absolute atomic E-state index is 5.58. The van der Waals surface area contributed by atoms with E-state index in [1.54, 1.807) is 0 Å². The van der Waals surface area contributed by atoms with Crippen molar-refractivity contribution < 1.29 is 4.74 Å². The lowest BCUT2D eigenvalue weighted by Gasteiger charge is -2.18. The molecule has 0 aliphatic rings. The molecular weight excluding hydrogens is 232 g/mol. The molecule has 0 aromatic heterocycles. The number of rotatable bonds is 7. The molecule has 3 N–H and O–H groups in total. The Morgan fingerprint density at radius 3 is 2.41 bits per heavy atom. The number of ether oxygens (including phenoxy) is 1. The van der Waals surface area contributed by atoms with Crippen LogP contribution in [-0.4, -0.2) is 18.5 Å². The standard InChI is InChI=1S/C13H22N2OS/c1-4-17-12-7-5-11(6-8-12)13(15-14)9-16-10(2)3/h5-8,10,13,15H,4,9,14H2,1-3H3. The van der Waals surface area contributed by atoms with E-state index < -0.39 is 0 Å². The molecule has 1 unspecified atom stereocenters. The molecule has 0 saturated heterocycles. The third kappa shape index (κ3) is 5.08. The molecule has 3 nitrogen and oxygen atoms in total. The average molecular weight is 254 g/mol. The van der Waals surface area contributed by atoms with Gasteiger partial charge in [-0.05, 0) is 37.3 Å². The van der Waals surface area contributed by atoms with Gasteiger partial charge in [0.2, 0.25) is 0 Å². The Hall–Kier alpha value is -0.550. The van der Waals surface area contributed by atoms with Crippen LogP contribution in [0.2, 0.25) is 0 Å². The van der Waals surface area contributed by atoms with Crippen LogP contribution in [-0.2, 0) is 4.74 Å². The topological polar surface area (TPSA) is 47.3 Å². The largest absolute Gasteiger partial charge is 0.377 e. The van der Waals surface area contributed by atoms with Crippen molar-refractivity contribution in [2.45, 2.75) is 37.8 Å². The fourth-order valence-corrected chi connectivity index (χ4v) is 2.15. The predicted octanol–water partition coefficient (Wildman–Crippen LogP) is 2.73. The summed E-state index contributed by atoms with van der Waals surface area (Å²) < 4.78 is 5.58. The van der Waals surface area contributed by atoms with E-state index in [2.05, 4.69) is 36.6 Å². The highest BCUT2D eigenvalue weighted by atomic mass is 32.2. The zero-order chi connectivity index (χ0) is 12.7. The van der Waals surface area contributed by atoms with E-state index in [9.17, 15) is 0 Å². The van der Waals surface area contributed by atoms with Crippen molar-refractivity contribution in [1.82, 2.24) is 5.43 Å². The number of benzene rings is 1. The predicted molar refractivity (Wildman–Crippen MR) is 74.0 cm³/mol. The Bertz CT molecular complexity index is 314. The second kappa shape index (κ2) is 7.71. The first-order valence-electron chi connectivity index (χ1n) is 5.97. The molecular formula is C13H22N2OS. The fraction of sp³-hybridized carbons (Fsp3) is 0.538. The highest BCUT2D eigenvalue weighted by Crippen LogP contribution is 2.20. The zero-order valence-electron chi connectivity index (χ0n) is 10.8. The second-order valence-corrected chi connectivity index (χ2v) is 5.44. The Balaban J connectivity index is 2.61. The zero-order valence-corrected chi connectivity index (χ0v) is 11.6. The van der Waals surface area contributed by atoms with Gasteiger partial charge in [0.1, 0.15) is 0 Å². The van der Waals surface area contributed by atoms with Gasteiger partial charge in [-0.1, -0.05) is 19.1 Å². The molecule has 1 aromatic carbocycles. The number of thioether (sulfide) groups is 1. The highest BCUT2D eigenvalue weighted by molar-refractivity contribution is 7.99. The minimum Gasteiger partial charge on any atom is -0.377 e. The van der Waals surface area contributed by atoms with Crippen molar-refractivity contribution in [3.05, 3.63) is 29.8 Å². The third-order valence-electron chi connectivity index (χ3n) is 2.39. The van der Waals surface area contributed by atoms with Crippen LogP contribution in [0, 0.1) is 0 Å². The summed E-state index contributed by atoms with van der Waals surface area (Å²) in [6, 6.07) is 8.52. The average Bonchev–Trinajstić information content (AvgIpc) is 2.32. The van der Waals surface area contributed by atoms with Gasteiger partial charge in [-0.3, -0.25) is 11.3 Å². The molecule has 96 valence electrons. The molecule has 17 heavy (non-hydrogen) atoms. The van der Waals surface area contributed by atoms with Crippen molar-refractivity contribution in [3.63, 3.8) is 0 Å². The molecule has 0 bridgehead atoms. The van der Waals surface area contributed by atoms with Gasteiger partial charge in [0.05, 0.1) is 18.8 Å². The third-order valence-corrected chi connectivity index (χ3v) is 3.29. The number of hydrogen-bond acceptors (Lipinski definition) is 4. The summed E-state index contributed by atoms with van der Waals surface area (Å²) in [7, 11) is 0. The van der Waals surface area contributed by atoms with Crippen LogP contribution in [0.3, 0.4) is 0 Å². The molecule has 0 spiro atoms. The summed E-state index contributed by atoms with van der Waals surface area (Å²) in [4.78, 5) is 1.29. The van der Waals surface area contributed by atoms with Gasteiger partial charge < -0.3 is 4.74 Å². The maximum Gasteiger partial charge on any atom is 0.0694 e. The number of nitrogens with two attached hydrogens (primary N) is 1. The monoisotopic (exact) mass is 254 g/mol. The van der Waals surface area contributed by atoms with Crippen LogP contribution in [0.25, 0.3) is 0 Å². The number of hydrogen-bond donors (Lipinski definition) is 2. The van der Waals surface area contributed by atoms with Crippen LogP contribution < -0.4 is 11.3 Å². The molecule has 0 amide bonds. The van der Waals surface area contributed by atoms with E-state index in [1.807, 2.05) is 25.6 Å². The minimum absolute atomic E-state index is 0.0538. The van der Waals surface area contributed by atoms with Crippen LogP contribution >= 0.6 is 11.8 Å². The molecule has 0 radical (unpaired) electrons. The van der Waals surface area contributed by atoms with Gasteiger partial charge in [-0.25, -0.2) is 0 Å². The Morgan fingerprint density at radius 2 is 1.94 bits per heavy atom. The van der Waals surface area contributed by atoms with Gasteiger partial charge in [0, 0.05) is 4.90 Å². The first kappa shape index (κ1) is 14.5. The molecule has 0 saturated carbocycles. The van der Waals surface area contributed by atoms with Gasteiger partial charge >= 0.3 is 0 Å². The molecule has 1 aromatic rings. The van der Waals surface area contributed by atoms with Crippen molar-refractivity contribution in [3.8, 4) is 0 Å². The minimum atomic E-state index is 0.0538. The van der Waals surface area contributed by atoms with Crippen LogP contribution in [0.5, 0.6) is 0 Å². The van der Waals surface area contributed by atoms with E-state index in [0.29, 0.717) is 6.61 Å². The summed E-state index contributed by atoms with van der Waals surface area (Å²) >= 11 is 1.84. The fourth-order valence-electron chi connectivity index (χ4n) is 1.49. The lowest BCUT2D eigenvalue weighted by atomic mass is 10.1. The summed E-state index contributed by atoms with van der Waals surface area (Å²) in [5, 5.41) is 0. The molecule has 0 fully saturated rings. The van der Waals surface area contributed by atoms with E-state index >= 15 is 0 Å². The van der Waals surface area contributed by atoms with Crippen molar-refractivity contribution >= 4 is 11.8 Å². The second-order valence-electron chi connectivity index (χ2n) is 4.10. The van der Waals surface area contributed by atoms with Crippen molar-refractivity contribution in [1.29, 1.82) is 0 Å². The number of nitrogens with one attached hydrogen (secondary N) is 1. The molecule has 0 aliphatic carbocycles. The highest BCUT2D eigenvalue weighted by Gasteiger charge is 2.10. The Kier molecular flexibility index (Phi) is 6.58. The van der Waals surface area contributed by atoms with Crippen molar-refractivity contribution in [2.75, 3.05) is 12.4 Å². The van der Waals surface area contributed by atoms with Crippen molar-refractivity contribution in [2.24, 2.45) is 5.84 Å². The summed E-state index contributed by atoms with van der Waals surface area (Å²) in [6.07, 6.45) is 0.223. The Labute approximate surface area is 108 Å². The quantitative estimate of drug-likeness (QED) is 0.446.